The SMILES string of the molecule is CNCc1cn(Cc2cccnc2OC)c2ncccc12. The van der Waals surface area contributed by atoms with Crippen LogP contribution >= 0.6 is 0 Å². The Hall–Kier alpha value is -2.40. The Kier molecular flexibility index (Phi) is 3.83. The molecule has 0 saturated heterocycles. The van der Waals surface area contributed by atoms with E-state index in [0.29, 0.717) is 12.4 Å². The van der Waals surface area contributed by atoms with Crippen molar-refractivity contribution < 1.29 is 4.74 Å². The van der Waals surface area contributed by atoms with Gasteiger partial charge in [0.1, 0.15) is 5.65 Å². The highest BCUT2D eigenvalue weighted by atomic mass is 16.5. The van der Waals surface area contributed by atoms with Crippen molar-refractivity contribution in [3.8, 4) is 5.88 Å². The molecule has 21 heavy (non-hydrogen) atoms. The zero-order valence-corrected chi connectivity index (χ0v) is 12.2. The Morgan fingerprint density at radius 2 is 1.95 bits per heavy atom. The van der Waals surface area contributed by atoms with Gasteiger partial charge in [0.15, 0.2) is 0 Å². The molecule has 5 nitrogen and oxygen atoms in total. The highest BCUT2D eigenvalue weighted by Crippen LogP contribution is 2.22. The van der Waals surface area contributed by atoms with Gasteiger partial charge in [-0.1, -0.05) is 6.07 Å². The topological polar surface area (TPSA) is 52.0 Å². The molecule has 3 rings (SSSR count). The Morgan fingerprint density at radius 1 is 1.14 bits per heavy atom. The minimum Gasteiger partial charge on any atom is -0.481 e. The Balaban J connectivity index is 2.04. The van der Waals surface area contributed by atoms with E-state index in [4.69, 9.17) is 4.74 Å². The summed E-state index contributed by atoms with van der Waals surface area (Å²) >= 11 is 0. The van der Waals surface area contributed by atoms with Crippen LogP contribution in [0.3, 0.4) is 0 Å². The molecule has 0 fully saturated rings. The fourth-order valence-electron chi connectivity index (χ4n) is 2.56. The molecule has 3 heterocycles. The number of hydrogen-bond acceptors (Lipinski definition) is 4. The van der Waals surface area contributed by atoms with Crippen molar-refractivity contribution in [3.63, 3.8) is 0 Å². The third-order valence-electron chi connectivity index (χ3n) is 3.47. The molecule has 1 N–H and O–H groups in total. The molecular formula is C16H18N4O. The second-order valence-corrected chi connectivity index (χ2v) is 4.86. The predicted octanol–water partition coefficient (Wildman–Crippen LogP) is 2.21. The number of aromatic nitrogens is 3. The molecule has 0 radical (unpaired) electrons. The van der Waals surface area contributed by atoms with Crippen molar-refractivity contribution in [1.82, 2.24) is 19.9 Å². The number of methoxy groups -OCH3 is 1. The van der Waals surface area contributed by atoms with E-state index in [0.717, 1.165) is 17.8 Å². The molecule has 0 saturated carbocycles. The van der Waals surface area contributed by atoms with Crippen molar-refractivity contribution in [3.05, 3.63) is 54.0 Å². The van der Waals surface area contributed by atoms with E-state index in [-0.39, 0.29) is 0 Å². The molecule has 0 aliphatic rings. The fraction of sp³-hybridized carbons (Fsp3) is 0.250. The van der Waals surface area contributed by atoms with Gasteiger partial charge < -0.3 is 14.6 Å². The summed E-state index contributed by atoms with van der Waals surface area (Å²) in [7, 11) is 3.59. The van der Waals surface area contributed by atoms with Crippen LogP contribution in [-0.4, -0.2) is 28.7 Å². The summed E-state index contributed by atoms with van der Waals surface area (Å²) in [5.41, 5.74) is 3.26. The summed E-state index contributed by atoms with van der Waals surface area (Å²) in [6.45, 7) is 1.51. The number of ether oxygens (including phenoxy) is 1. The van der Waals surface area contributed by atoms with E-state index in [1.165, 1.54) is 10.9 Å². The lowest BCUT2D eigenvalue weighted by atomic mass is 10.2. The predicted molar refractivity (Wildman–Crippen MR) is 82.4 cm³/mol. The van der Waals surface area contributed by atoms with Crippen LogP contribution in [-0.2, 0) is 13.1 Å². The van der Waals surface area contributed by atoms with Gasteiger partial charge in [-0.15, -0.1) is 0 Å². The number of nitrogens with zero attached hydrogens (tertiary/aromatic N) is 3. The first-order chi connectivity index (χ1) is 10.3. The summed E-state index contributed by atoms with van der Waals surface area (Å²) in [4.78, 5) is 8.76. The second-order valence-electron chi connectivity index (χ2n) is 4.86. The zero-order chi connectivity index (χ0) is 14.7. The van der Waals surface area contributed by atoms with Crippen LogP contribution in [0.15, 0.2) is 42.9 Å². The van der Waals surface area contributed by atoms with E-state index < -0.39 is 0 Å². The minimum absolute atomic E-state index is 0.658. The molecule has 0 amide bonds. The van der Waals surface area contributed by atoms with Gasteiger partial charge >= 0.3 is 0 Å². The van der Waals surface area contributed by atoms with Crippen LogP contribution in [0, 0.1) is 0 Å². The Morgan fingerprint density at radius 3 is 2.76 bits per heavy atom. The number of nitrogens with one attached hydrogen (secondary N) is 1. The summed E-state index contributed by atoms with van der Waals surface area (Å²) in [5.74, 6) is 0.658. The van der Waals surface area contributed by atoms with Gasteiger partial charge in [0.2, 0.25) is 5.88 Å². The maximum Gasteiger partial charge on any atom is 0.218 e. The standard InChI is InChI=1S/C16H18N4O/c1-17-9-13-11-20(15-14(13)6-4-7-18-15)10-12-5-3-8-19-16(12)21-2/h3-8,11,17H,9-10H2,1-2H3. The average molecular weight is 282 g/mol. The molecular weight excluding hydrogens is 264 g/mol. The average Bonchev–Trinajstić information content (AvgIpc) is 2.87. The maximum atomic E-state index is 5.33. The quantitative estimate of drug-likeness (QED) is 0.779. The normalized spacial score (nSPS) is 11.0. The highest BCUT2D eigenvalue weighted by Gasteiger charge is 2.11. The molecule has 0 aromatic carbocycles. The van der Waals surface area contributed by atoms with E-state index in [1.807, 2.05) is 31.4 Å². The summed E-state index contributed by atoms with van der Waals surface area (Å²) < 4.78 is 7.47. The number of fused-ring (bicyclic) bond motifs is 1. The van der Waals surface area contributed by atoms with Crippen molar-refractivity contribution >= 4 is 11.0 Å². The lowest BCUT2D eigenvalue weighted by molar-refractivity contribution is 0.391. The molecule has 0 aliphatic heterocycles. The molecule has 3 aromatic heterocycles. The zero-order valence-electron chi connectivity index (χ0n) is 12.2. The van der Waals surface area contributed by atoms with Crippen LogP contribution in [0.1, 0.15) is 11.1 Å². The first-order valence-corrected chi connectivity index (χ1v) is 6.88. The molecule has 0 atom stereocenters. The van der Waals surface area contributed by atoms with Gasteiger partial charge in [-0.3, -0.25) is 0 Å². The third kappa shape index (κ3) is 2.60. The largest absolute Gasteiger partial charge is 0.481 e. The molecule has 3 aromatic rings. The highest BCUT2D eigenvalue weighted by molar-refractivity contribution is 5.80. The van der Waals surface area contributed by atoms with Crippen molar-refractivity contribution in [2.45, 2.75) is 13.1 Å². The molecule has 5 heteroatoms. The van der Waals surface area contributed by atoms with E-state index in [1.54, 1.807) is 13.3 Å². The van der Waals surface area contributed by atoms with Crippen LogP contribution < -0.4 is 10.1 Å². The number of pyridine rings is 2. The van der Waals surface area contributed by atoms with Gasteiger partial charge in [0.05, 0.1) is 13.7 Å². The second kappa shape index (κ2) is 5.93. The van der Waals surface area contributed by atoms with E-state index in [2.05, 4.69) is 32.1 Å². The molecule has 0 unspecified atom stereocenters. The minimum atomic E-state index is 0.658. The summed E-state index contributed by atoms with van der Waals surface area (Å²) in [6, 6.07) is 8.02. The summed E-state index contributed by atoms with van der Waals surface area (Å²) in [6.07, 6.45) is 5.70. The lowest BCUT2D eigenvalue weighted by Crippen LogP contribution is -2.05. The van der Waals surface area contributed by atoms with Crippen molar-refractivity contribution in [2.75, 3.05) is 14.2 Å². The van der Waals surface area contributed by atoms with Crippen molar-refractivity contribution in [2.24, 2.45) is 0 Å². The third-order valence-corrected chi connectivity index (χ3v) is 3.47. The van der Waals surface area contributed by atoms with Crippen LogP contribution in [0.5, 0.6) is 5.88 Å². The van der Waals surface area contributed by atoms with Gasteiger partial charge in [-0.2, -0.15) is 0 Å². The number of rotatable bonds is 5. The van der Waals surface area contributed by atoms with Gasteiger partial charge in [-0.25, -0.2) is 9.97 Å². The maximum absolute atomic E-state index is 5.33. The first-order valence-electron chi connectivity index (χ1n) is 6.88. The Labute approximate surface area is 123 Å². The molecule has 0 spiro atoms. The van der Waals surface area contributed by atoms with Crippen molar-refractivity contribution in [1.29, 1.82) is 0 Å². The smallest absolute Gasteiger partial charge is 0.218 e. The van der Waals surface area contributed by atoms with Gasteiger partial charge in [0, 0.05) is 36.1 Å². The van der Waals surface area contributed by atoms with Gasteiger partial charge in [-0.05, 0) is 30.8 Å². The molecule has 0 bridgehead atoms. The molecule has 0 aliphatic carbocycles. The van der Waals surface area contributed by atoms with E-state index >= 15 is 0 Å². The number of hydrogen-bond donors (Lipinski definition) is 1. The van der Waals surface area contributed by atoms with Crippen LogP contribution in [0.2, 0.25) is 0 Å². The Bertz CT molecular complexity index is 751. The monoisotopic (exact) mass is 282 g/mol. The van der Waals surface area contributed by atoms with E-state index in [9.17, 15) is 0 Å². The summed E-state index contributed by atoms with van der Waals surface area (Å²) in [5, 5.41) is 4.37. The van der Waals surface area contributed by atoms with Gasteiger partial charge in [0.25, 0.3) is 0 Å². The first kappa shape index (κ1) is 13.6. The fourth-order valence-corrected chi connectivity index (χ4v) is 2.56. The lowest BCUT2D eigenvalue weighted by Gasteiger charge is -2.08. The molecule has 108 valence electrons. The van der Waals surface area contributed by atoms with Crippen LogP contribution in [0.25, 0.3) is 11.0 Å². The van der Waals surface area contributed by atoms with Crippen LogP contribution in [0.4, 0.5) is 0 Å².